The normalized spacial score (nSPS) is 19.9. The minimum Gasteiger partial charge on any atom is -0.480 e. The first-order chi connectivity index (χ1) is 8.70. The van der Waals surface area contributed by atoms with Gasteiger partial charge in [0, 0.05) is 10.0 Å². The van der Waals surface area contributed by atoms with Gasteiger partial charge in [0.2, 0.25) is 0 Å². The molecule has 2 rings (SSSR count). The Balaban J connectivity index is 2.42. The van der Waals surface area contributed by atoms with Gasteiger partial charge in [0.05, 0.1) is 0 Å². The van der Waals surface area contributed by atoms with Gasteiger partial charge in [-0.3, -0.25) is 0 Å². The van der Waals surface area contributed by atoms with E-state index in [1.165, 1.54) is 6.07 Å². The van der Waals surface area contributed by atoms with E-state index in [9.17, 15) is 18.0 Å². The molecule has 1 aromatic rings. The minimum absolute atomic E-state index is 0.0150. The number of benzene rings is 1. The van der Waals surface area contributed by atoms with Crippen LogP contribution in [0.3, 0.4) is 0 Å². The Morgan fingerprint density at radius 2 is 2.05 bits per heavy atom. The maximum atomic E-state index is 12.5. The molecule has 8 heteroatoms. The van der Waals surface area contributed by atoms with Gasteiger partial charge < -0.3 is 9.47 Å². The third-order valence-corrected chi connectivity index (χ3v) is 3.66. The van der Waals surface area contributed by atoms with Crippen LogP contribution in [0, 0.1) is 0 Å². The van der Waals surface area contributed by atoms with Crippen LogP contribution >= 0.6 is 31.9 Å². The van der Waals surface area contributed by atoms with E-state index in [1.807, 2.05) is 0 Å². The lowest BCUT2D eigenvalue weighted by atomic mass is 10.1. The molecule has 19 heavy (non-hydrogen) atoms. The molecule has 0 N–H and O–H groups in total. The van der Waals surface area contributed by atoms with E-state index in [0.29, 0.717) is 10.0 Å². The Kier molecular flexibility index (Phi) is 3.83. The van der Waals surface area contributed by atoms with Crippen LogP contribution in [-0.4, -0.2) is 18.2 Å². The van der Waals surface area contributed by atoms with E-state index in [-0.39, 0.29) is 11.3 Å². The summed E-state index contributed by atoms with van der Waals surface area (Å²) in [7, 11) is 0. The van der Waals surface area contributed by atoms with Crippen molar-refractivity contribution in [3.63, 3.8) is 0 Å². The minimum atomic E-state index is -4.51. The molecule has 0 aliphatic carbocycles. The summed E-state index contributed by atoms with van der Waals surface area (Å²) in [6, 6.07) is 2.90. The largest absolute Gasteiger partial charge is 0.480 e. The van der Waals surface area contributed by atoms with Crippen molar-refractivity contribution in [3.05, 3.63) is 27.7 Å². The number of hydrogen-bond acceptors (Lipinski definition) is 3. The zero-order chi connectivity index (χ0) is 14.4. The number of cyclic esters (lactones) is 1. The van der Waals surface area contributed by atoms with Gasteiger partial charge in [-0.25, -0.2) is 4.79 Å². The molecule has 0 saturated heterocycles. The van der Waals surface area contributed by atoms with E-state index in [0.717, 1.165) is 6.92 Å². The van der Waals surface area contributed by atoms with Crippen molar-refractivity contribution >= 4 is 37.8 Å². The maximum absolute atomic E-state index is 12.5. The highest BCUT2D eigenvalue weighted by molar-refractivity contribution is 9.10. The van der Waals surface area contributed by atoms with Crippen LogP contribution in [-0.2, 0) is 4.74 Å². The maximum Gasteiger partial charge on any atom is 0.425 e. The summed E-state index contributed by atoms with van der Waals surface area (Å²) in [6.07, 6.45) is -6.53. The third kappa shape index (κ3) is 2.89. The number of esters is 1. The number of hydrogen-bond donors (Lipinski definition) is 0. The number of rotatable bonds is 2. The number of halogens is 5. The zero-order valence-corrected chi connectivity index (χ0v) is 12.6. The highest BCUT2D eigenvalue weighted by atomic mass is 79.9. The van der Waals surface area contributed by atoms with Gasteiger partial charge in [-0.1, -0.05) is 15.9 Å². The molecule has 1 aliphatic heterocycles. The van der Waals surface area contributed by atoms with Crippen molar-refractivity contribution < 1.29 is 27.4 Å². The van der Waals surface area contributed by atoms with Crippen molar-refractivity contribution in [3.8, 4) is 5.75 Å². The predicted molar refractivity (Wildman–Crippen MR) is 67.4 cm³/mol. The number of fused-ring (bicyclic) bond motifs is 1. The molecule has 1 unspecified atom stereocenters. The van der Waals surface area contributed by atoms with E-state index < -0.39 is 23.3 Å². The molecular weight excluding hydrogens is 397 g/mol. The van der Waals surface area contributed by atoms with Crippen LogP contribution < -0.4 is 4.74 Å². The van der Waals surface area contributed by atoms with Crippen molar-refractivity contribution in [1.82, 2.24) is 0 Å². The molecule has 0 amide bonds. The number of carbonyl (C=O) groups excluding carboxylic acids is 1. The molecule has 0 bridgehead atoms. The van der Waals surface area contributed by atoms with Crippen molar-refractivity contribution in [2.75, 3.05) is 0 Å². The van der Waals surface area contributed by atoms with Crippen molar-refractivity contribution in [2.24, 2.45) is 0 Å². The molecule has 1 aliphatic rings. The van der Waals surface area contributed by atoms with Crippen molar-refractivity contribution in [1.29, 1.82) is 0 Å². The molecule has 1 heterocycles. The van der Waals surface area contributed by atoms with Gasteiger partial charge in [-0.2, -0.15) is 13.2 Å². The average Bonchev–Trinajstić information content (AvgIpc) is 2.52. The van der Waals surface area contributed by atoms with E-state index in [2.05, 4.69) is 31.9 Å². The smallest absolute Gasteiger partial charge is 0.425 e. The van der Waals surface area contributed by atoms with Gasteiger partial charge in [0.15, 0.2) is 11.1 Å². The standard InChI is InChI=1S/C11H7Br2F3O3/c1-4(11(14,15)16)18-7-3-5(12)2-6-8(7)10(17)19-9(6)13/h2-4,9H,1H3/t4?,9-/m1/s1. The molecule has 0 saturated carbocycles. The van der Waals surface area contributed by atoms with Crippen LogP contribution in [0.4, 0.5) is 13.2 Å². The van der Waals surface area contributed by atoms with E-state index >= 15 is 0 Å². The van der Waals surface area contributed by atoms with Crippen LogP contribution in [0.2, 0.25) is 0 Å². The van der Waals surface area contributed by atoms with E-state index in [4.69, 9.17) is 9.47 Å². The second-order valence-electron chi connectivity index (χ2n) is 3.89. The topological polar surface area (TPSA) is 35.5 Å². The predicted octanol–water partition coefficient (Wildman–Crippen LogP) is 4.34. The third-order valence-electron chi connectivity index (χ3n) is 2.52. The fraction of sp³-hybridized carbons (Fsp3) is 0.364. The lowest BCUT2D eigenvalue weighted by Crippen LogP contribution is -2.31. The first kappa shape index (κ1) is 14.6. The molecule has 0 aromatic heterocycles. The Morgan fingerprint density at radius 1 is 1.42 bits per heavy atom. The fourth-order valence-electron chi connectivity index (χ4n) is 1.57. The zero-order valence-electron chi connectivity index (χ0n) is 9.42. The van der Waals surface area contributed by atoms with Gasteiger partial charge in [-0.05, 0) is 35.0 Å². The van der Waals surface area contributed by atoms with E-state index in [1.54, 1.807) is 6.07 Å². The number of carbonyl (C=O) groups is 1. The summed E-state index contributed by atoms with van der Waals surface area (Å²) in [5, 5.41) is -0.684. The Hall–Kier alpha value is -0.760. The molecule has 0 fully saturated rings. The number of alkyl halides is 4. The molecule has 3 nitrogen and oxygen atoms in total. The Labute approximate surface area is 123 Å². The fourth-order valence-corrected chi connectivity index (χ4v) is 2.55. The molecule has 2 atom stereocenters. The van der Waals surface area contributed by atoms with Crippen LogP contribution in [0.5, 0.6) is 5.75 Å². The second kappa shape index (κ2) is 4.97. The lowest BCUT2D eigenvalue weighted by molar-refractivity contribution is -0.189. The number of ether oxygens (including phenoxy) is 2. The Morgan fingerprint density at radius 3 is 2.63 bits per heavy atom. The molecule has 104 valence electrons. The molecule has 0 radical (unpaired) electrons. The summed E-state index contributed by atoms with van der Waals surface area (Å²) in [5.41, 5.74) is 0.449. The molecule has 0 spiro atoms. The second-order valence-corrected chi connectivity index (χ2v) is 5.64. The van der Waals surface area contributed by atoms with Gasteiger partial charge in [0.25, 0.3) is 0 Å². The monoisotopic (exact) mass is 402 g/mol. The summed E-state index contributed by atoms with van der Waals surface area (Å²) in [5.74, 6) is -0.866. The lowest BCUT2D eigenvalue weighted by Gasteiger charge is -2.19. The summed E-state index contributed by atoms with van der Waals surface area (Å²) >= 11 is 6.26. The van der Waals surface area contributed by atoms with Crippen LogP contribution in [0.25, 0.3) is 0 Å². The SMILES string of the molecule is CC(Oc1cc(Br)cc2c1C(=O)O[C@H]2Br)C(F)(F)F. The van der Waals surface area contributed by atoms with Gasteiger partial charge in [-0.15, -0.1) is 0 Å². The molecule has 1 aromatic carbocycles. The Bertz CT molecular complexity index is 531. The van der Waals surface area contributed by atoms with Crippen LogP contribution in [0.15, 0.2) is 16.6 Å². The quantitative estimate of drug-likeness (QED) is 0.544. The first-order valence-corrected chi connectivity index (χ1v) is 6.83. The highest BCUT2D eigenvalue weighted by Gasteiger charge is 2.40. The summed E-state index contributed by atoms with van der Waals surface area (Å²) < 4.78 is 47.7. The van der Waals surface area contributed by atoms with Crippen molar-refractivity contribution in [2.45, 2.75) is 24.2 Å². The summed E-state index contributed by atoms with van der Waals surface area (Å²) in [6.45, 7) is 0.874. The highest BCUT2D eigenvalue weighted by Crippen LogP contribution is 2.42. The first-order valence-electron chi connectivity index (χ1n) is 5.12. The van der Waals surface area contributed by atoms with Gasteiger partial charge >= 0.3 is 12.1 Å². The average molecular weight is 404 g/mol. The summed E-state index contributed by atoms with van der Waals surface area (Å²) in [4.78, 5) is 11.6. The van der Waals surface area contributed by atoms with Crippen LogP contribution in [0.1, 0.15) is 27.9 Å². The van der Waals surface area contributed by atoms with Gasteiger partial charge in [0.1, 0.15) is 11.3 Å². The molecular formula is C11H7Br2F3O3.